The summed E-state index contributed by atoms with van der Waals surface area (Å²) in [6.07, 6.45) is 0. The Balaban J connectivity index is 1.91. The second kappa shape index (κ2) is 8.26. The molecule has 7 heteroatoms. The van der Waals surface area contributed by atoms with Crippen LogP contribution in [-0.2, 0) is 11.3 Å². The van der Waals surface area contributed by atoms with Gasteiger partial charge in [-0.1, -0.05) is 24.3 Å². The van der Waals surface area contributed by atoms with Gasteiger partial charge < -0.3 is 5.32 Å². The van der Waals surface area contributed by atoms with E-state index in [9.17, 15) is 14.4 Å². The zero-order chi connectivity index (χ0) is 17.5. The minimum Gasteiger partial charge on any atom is -0.352 e. The minimum atomic E-state index is -0.429. The third-order valence-corrected chi connectivity index (χ3v) is 3.86. The molecule has 6 nitrogen and oxygen atoms in total. The third-order valence-electron chi connectivity index (χ3n) is 3.17. The maximum atomic E-state index is 12.0. The Hall–Kier alpha value is -2.67. The average Bonchev–Trinajstić information content (AvgIpc) is 2.58. The fourth-order valence-electron chi connectivity index (χ4n) is 1.90. The number of hydrogen-bond donors (Lipinski definition) is 3. The summed E-state index contributed by atoms with van der Waals surface area (Å²) in [5.41, 5.74) is 6.42. The Morgan fingerprint density at radius 2 is 1.54 bits per heavy atom. The Morgan fingerprint density at radius 1 is 0.917 bits per heavy atom. The van der Waals surface area contributed by atoms with Crippen molar-refractivity contribution in [1.82, 2.24) is 16.2 Å². The van der Waals surface area contributed by atoms with Crippen molar-refractivity contribution in [2.75, 3.05) is 0 Å². The molecular weight excluding hydrogens is 374 g/mol. The summed E-state index contributed by atoms with van der Waals surface area (Å²) < 4.78 is 0.638. The van der Waals surface area contributed by atoms with E-state index >= 15 is 0 Å². The van der Waals surface area contributed by atoms with Crippen LogP contribution in [0.4, 0.5) is 0 Å². The van der Waals surface area contributed by atoms with Gasteiger partial charge in [-0.3, -0.25) is 25.2 Å². The number of amides is 3. The van der Waals surface area contributed by atoms with E-state index in [2.05, 4.69) is 32.1 Å². The summed E-state index contributed by atoms with van der Waals surface area (Å²) in [5, 5.41) is 2.67. The van der Waals surface area contributed by atoms with Gasteiger partial charge in [-0.05, 0) is 45.8 Å². The standard InChI is InChI=1S/C17H16BrN3O3/c1-11(22)19-10-12-6-8-13(9-7-12)16(23)20-21-17(24)14-4-2-3-5-15(14)18/h2-9H,10H2,1H3,(H,19,22)(H,20,23)(H,21,24). The first-order valence-corrected chi connectivity index (χ1v) is 7.95. The quantitative estimate of drug-likeness (QED) is 0.700. The lowest BCUT2D eigenvalue weighted by molar-refractivity contribution is -0.119. The zero-order valence-electron chi connectivity index (χ0n) is 12.9. The largest absolute Gasteiger partial charge is 0.352 e. The fraction of sp³-hybridized carbons (Fsp3) is 0.118. The number of rotatable bonds is 4. The summed E-state index contributed by atoms with van der Waals surface area (Å²) >= 11 is 3.28. The van der Waals surface area contributed by atoms with Crippen molar-refractivity contribution in [3.8, 4) is 0 Å². The van der Waals surface area contributed by atoms with Gasteiger partial charge in [0.05, 0.1) is 5.56 Å². The van der Waals surface area contributed by atoms with Crippen LogP contribution in [0.5, 0.6) is 0 Å². The van der Waals surface area contributed by atoms with Crippen LogP contribution in [0.15, 0.2) is 53.0 Å². The van der Waals surface area contributed by atoms with Crippen molar-refractivity contribution in [3.05, 3.63) is 69.7 Å². The predicted molar refractivity (Wildman–Crippen MR) is 93.0 cm³/mol. The lowest BCUT2D eigenvalue weighted by atomic mass is 10.1. The highest BCUT2D eigenvalue weighted by molar-refractivity contribution is 9.10. The van der Waals surface area contributed by atoms with Crippen molar-refractivity contribution in [3.63, 3.8) is 0 Å². The molecule has 0 spiro atoms. The Bertz CT molecular complexity index is 760. The maximum absolute atomic E-state index is 12.0. The molecule has 2 aromatic rings. The van der Waals surface area contributed by atoms with Gasteiger partial charge in [0.2, 0.25) is 5.91 Å². The Kier molecular flexibility index (Phi) is 6.08. The molecule has 3 N–H and O–H groups in total. The van der Waals surface area contributed by atoms with Crippen LogP contribution in [0.1, 0.15) is 33.2 Å². The van der Waals surface area contributed by atoms with Crippen molar-refractivity contribution in [2.45, 2.75) is 13.5 Å². The van der Waals surface area contributed by atoms with E-state index in [0.717, 1.165) is 5.56 Å². The molecular formula is C17H16BrN3O3. The highest BCUT2D eigenvalue weighted by Gasteiger charge is 2.11. The number of carbonyl (C=O) groups excluding carboxylic acids is 3. The number of carbonyl (C=O) groups is 3. The van der Waals surface area contributed by atoms with Crippen molar-refractivity contribution in [2.24, 2.45) is 0 Å². The SMILES string of the molecule is CC(=O)NCc1ccc(C(=O)NNC(=O)c2ccccc2Br)cc1. The fourth-order valence-corrected chi connectivity index (χ4v) is 2.36. The molecule has 0 saturated heterocycles. The maximum Gasteiger partial charge on any atom is 0.270 e. The molecule has 3 amide bonds. The number of hydrazine groups is 1. The smallest absolute Gasteiger partial charge is 0.270 e. The van der Waals surface area contributed by atoms with Crippen LogP contribution in [0, 0.1) is 0 Å². The van der Waals surface area contributed by atoms with Gasteiger partial charge in [0, 0.05) is 23.5 Å². The van der Waals surface area contributed by atoms with Gasteiger partial charge in [-0.15, -0.1) is 0 Å². The summed E-state index contributed by atoms with van der Waals surface area (Å²) in [4.78, 5) is 34.9. The Labute approximate surface area is 147 Å². The van der Waals surface area contributed by atoms with Crippen LogP contribution >= 0.6 is 15.9 Å². The highest BCUT2D eigenvalue weighted by atomic mass is 79.9. The molecule has 0 heterocycles. The molecule has 0 unspecified atom stereocenters. The molecule has 0 aliphatic carbocycles. The second-order valence-electron chi connectivity index (χ2n) is 4.99. The van der Waals surface area contributed by atoms with Gasteiger partial charge in [0.25, 0.3) is 11.8 Å². The molecule has 0 fully saturated rings. The van der Waals surface area contributed by atoms with E-state index in [-0.39, 0.29) is 5.91 Å². The van der Waals surface area contributed by atoms with Crippen LogP contribution in [0.3, 0.4) is 0 Å². The van der Waals surface area contributed by atoms with Gasteiger partial charge in [-0.25, -0.2) is 0 Å². The summed E-state index contributed by atoms with van der Waals surface area (Å²) in [6, 6.07) is 13.6. The first kappa shape index (κ1) is 17.7. The van der Waals surface area contributed by atoms with Crippen molar-refractivity contribution in [1.29, 1.82) is 0 Å². The molecule has 0 aliphatic heterocycles. The topological polar surface area (TPSA) is 87.3 Å². The van der Waals surface area contributed by atoms with Gasteiger partial charge in [-0.2, -0.15) is 0 Å². The van der Waals surface area contributed by atoms with Crippen molar-refractivity contribution >= 4 is 33.7 Å². The van der Waals surface area contributed by atoms with Crippen LogP contribution in [0.25, 0.3) is 0 Å². The van der Waals surface area contributed by atoms with Crippen LogP contribution < -0.4 is 16.2 Å². The summed E-state index contributed by atoms with van der Waals surface area (Å²) in [7, 11) is 0. The van der Waals surface area contributed by atoms with Crippen LogP contribution in [-0.4, -0.2) is 17.7 Å². The molecule has 2 rings (SSSR count). The zero-order valence-corrected chi connectivity index (χ0v) is 14.5. The molecule has 0 radical (unpaired) electrons. The second-order valence-corrected chi connectivity index (χ2v) is 5.85. The lowest BCUT2D eigenvalue weighted by Crippen LogP contribution is -2.41. The molecule has 0 atom stereocenters. The van der Waals surface area contributed by atoms with E-state index in [4.69, 9.17) is 0 Å². The predicted octanol–water partition coefficient (Wildman–Crippen LogP) is 2.16. The normalized spacial score (nSPS) is 9.92. The van der Waals surface area contributed by atoms with E-state index in [1.54, 1.807) is 48.5 Å². The highest BCUT2D eigenvalue weighted by Crippen LogP contribution is 2.15. The number of benzene rings is 2. The average molecular weight is 390 g/mol. The third kappa shape index (κ3) is 4.92. The summed E-state index contributed by atoms with van der Waals surface area (Å²) in [5.74, 6) is -0.966. The molecule has 0 aromatic heterocycles. The minimum absolute atomic E-state index is 0.119. The molecule has 124 valence electrons. The molecule has 0 aliphatic rings. The Morgan fingerprint density at radius 3 is 2.17 bits per heavy atom. The number of halogens is 1. The molecule has 0 saturated carbocycles. The van der Waals surface area contributed by atoms with Gasteiger partial charge >= 0.3 is 0 Å². The monoisotopic (exact) mass is 389 g/mol. The summed E-state index contributed by atoms with van der Waals surface area (Å²) in [6.45, 7) is 1.84. The number of nitrogens with one attached hydrogen (secondary N) is 3. The number of hydrogen-bond acceptors (Lipinski definition) is 3. The van der Waals surface area contributed by atoms with Crippen molar-refractivity contribution < 1.29 is 14.4 Å². The molecule has 24 heavy (non-hydrogen) atoms. The first-order chi connectivity index (χ1) is 11.5. The van der Waals surface area contributed by atoms with Gasteiger partial charge in [0.1, 0.15) is 0 Å². The van der Waals surface area contributed by atoms with E-state index < -0.39 is 11.8 Å². The first-order valence-electron chi connectivity index (χ1n) is 7.16. The molecule has 2 aromatic carbocycles. The van der Waals surface area contributed by atoms with E-state index in [1.807, 2.05) is 0 Å². The van der Waals surface area contributed by atoms with E-state index in [1.165, 1.54) is 6.92 Å². The lowest BCUT2D eigenvalue weighted by Gasteiger charge is -2.09. The van der Waals surface area contributed by atoms with Gasteiger partial charge in [0.15, 0.2) is 0 Å². The van der Waals surface area contributed by atoms with E-state index in [0.29, 0.717) is 22.1 Å². The molecule has 0 bridgehead atoms. The van der Waals surface area contributed by atoms with Crippen LogP contribution in [0.2, 0.25) is 0 Å².